The Balaban J connectivity index is 1.78. The van der Waals surface area contributed by atoms with Crippen LogP contribution < -0.4 is 5.32 Å². The van der Waals surface area contributed by atoms with Crippen LogP contribution in [0, 0.1) is 5.92 Å². The number of rotatable bonds is 4. The van der Waals surface area contributed by atoms with Gasteiger partial charge in [0, 0.05) is 12.1 Å². The van der Waals surface area contributed by atoms with Crippen LogP contribution >= 0.6 is 11.6 Å². The molecule has 0 saturated heterocycles. The molecule has 1 aliphatic rings. The lowest BCUT2D eigenvalue weighted by Gasteiger charge is -2.21. The normalized spacial score (nSPS) is 16.3. The smallest absolute Gasteiger partial charge is 0.251 e. The van der Waals surface area contributed by atoms with E-state index in [0.717, 1.165) is 12.3 Å². The number of phenols is 1. The number of amides is 1. The van der Waals surface area contributed by atoms with Crippen molar-refractivity contribution in [2.75, 3.05) is 6.54 Å². The first-order valence-electron chi connectivity index (χ1n) is 6.93. The van der Waals surface area contributed by atoms with Gasteiger partial charge in [-0.1, -0.05) is 43.7 Å². The largest absolute Gasteiger partial charge is 0.506 e. The van der Waals surface area contributed by atoms with Crippen LogP contribution in [0.2, 0.25) is 5.02 Å². The summed E-state index contributed by atoms with van der Waals surface area (Å²) in [6, 6.07) is 4.52. The molecule has 0 spiro atoms. The zero-order chi connectivity index (χ0) is 13.7. The van der Waals surface area contributed by atoms with Gasteiger partial charge in [0.1, 0.15) is 5.75 Å². The molecule has 1 amide bonds. The number of aromatic hydroxyl groups is 1. The van der Waals surface area contributed by atoms with Gasteiger partial charge >= 0.3 is 0 Å². The van der Waals surface area contributed by atoms with Crippen molar-refractivity contribution in [2.24, 2.45) is 5.92 Å². The van der Waals surface area contributed by atoms with Crippen LogP contribution in [0.4, 0.5) is 0 Å². The highest BCUT2D eigenvalue weighted by Crippen LogP contribution is 2.26. The second kappa shape index (κ2) is 6.80. The standard InChI is InChI=1S/C15H20ClNO2/c16-13-10-12(6-7-14(13)18)15(19)17-9-8-11-4-2-1-3-5-11/h6-7,10-11,18H,1-5,8-9H2,(H,17,19). The summed E-state index contributed by atoms with van der Waals surface area (Å²) in [6.45, 7) is 0.710. The molecule has 0 atom stereocenters. The van der Waals surface area contributed by atoms with Crippen molar-refractivity contribution in [1.29, 1.82) is 0 Å². The lowest BCUT2D eigenvalue weighted by Crippen LogP contribution is -2.26. The number of hydrogen-bond acceptors (Lipinski definition) is 2. The Hall–Kier alpha value is -1.22. The van der Waals surface area contributed by atoms with E-state index >= 15 is 0 Å². The highest BCUT2D eigenvalue weighted by Gasteiger charge is 2.14. The van der Waals surface area contributed by atoms with Crippen molar-refractivity contribution in [3.8, 4) is 5.75 Å². The number of carbonyl (C=O) groups is 1. The minimum absolute atomic E-state index is 0.000391. The number of carbonyl (C=O) groups excluding carboxylic acids is 1. The Morgan fingerprint density at radius 3 is 2.74 bits per heavy atom. The van der Waals surface area contributed by atoms with Gasteiger partial charge in [-0.3, -0.25) is 4.79 Å². The van der Waals surface area contributed by atoms with Gasteiger partial charge in [-0.25, -0.2) is 0 Å². The average molecular weight is 282 g/mol. The van der Waals surface area contributed by atoms with Crippen LogP contribution in [-0.4, -0.2) is 17.6 Å². The van der Waals surface area contributed by atoms with E-state index in [4.69, 9.17) is 11.6 Å². The SMILES string of the molecule is O=C(NCCC1CCCCC1)c1ccc(O)c(Cl)c1. The maximum atomic E-state index is 11.9. The Morgan fingerprint density at radius 1 is 1.32 bits per heavy atom. The molecule has 0 radical (unpaired) electrons. The second-order valence-electron chi connectivity index (χ2n) is 5.21. The lowest BCUT2D eigenvalue weighted by molar-refractivity contribution is 0.0950. The predicted octanol–water partition coefficient (Wildman–Crippen LogP) is 3.75. The number of nitrogens with one attached hydrogen (secondary N) is 1. The molecule has 1 aromatic rings. The van der Waals surface area contributed by atoms with Crippen molar-refractivity contribution >= 4 is 17.5 Å². The highest BCUT2D eigenvalue weighted by atomic mass is 35.5. The molecule has 2 N–H and O–H groups in total. The lowest BCUT2D eigenvalue weighted by atomic mass is 9.87. The van der Waals surface area contributed by atoms with E-state index in [9.17, 15) is 9.90 Å². The molecular formula is C15H20ClNO2. The summed E-state index contributed by atoms with van der Waals surface area (Å²) in [4.78, 5) is 11.9. The molecule has 1 aromatic carbocycles. The summed E-state index contributed by atoms with van der Waals surface area (Å²) in [5.74, 6) is 0.635. The van der Waals surface area contributed by atoms with E-state index < -0.39 is 0 Å². The fraction of sp³-hybridized carbons (Fsp3) is 0.533. The third-order valence-electron chi connectivity index (χ3n) is 3.77. The van der Waals surface area contributed by atoms with Crippen LogP contribution in [0.5, 0.6) is 5.75 Å². The molecule has 0 bridgehead atoms. The number of hydrogen-bond donors (Lipinski definition) is 2. The van der Waals surface area contributed by atoms with E-state index in [1.807, 2.05) is 0 Å². The van der Waals surface area contributed by atoms with Crippen molar-refractivity contribution in [3.63, 3.8) is 0 Å². The maximum absolute atomic E-state index is 11.9. The Kier molecular flexibility index (Phi) is 5.08. The van der Waals surface area contributed by atoms with Crippen LogP contribution in [0.1, 0.15) is 48.9 Å². The summed E-state index contributed by atoms with van der Waals surface area (Å²) in [5, 5.41) is 12.4. The van der Waals surface area contributed by atoms with E-state index in [2.05, 4.69) is 5.32 Å². The van der Waals surface area contributed by atoms with Gasteiger partial charge in [-0.05, 0) is 30.5 Å². The average Bonchev–Trinajstić information content (AvgIpc) is 2.43. The molecule has 0 heterocycles. The summed E-state index contributed by atoms with van der Waals surface area (Å²) in [7, 11) is 0. The number of benzene rings is 1. The molecule has 1 aliphatic carbocycles. The van der Waals surface area contributed by atoms with E-state index in [0.29, 0.717) is 12.1 Å². The monoisotopic (exact) mass is 281 g/mol. The van der Waals surface area contributed by atoms with Crippen LogP contribution in [0.15, 0.2) is 18.2 Å². The Labute approximate surface area is 119 Å². The maximum Gasteiger partial charge on any atom is 0.251 e. The summed E-state index contributed by atoms with van der Waals surface area (Å²) < 4.78 is 0. The first-order valence-corrected chi connectivity index (χ1v) is 7.31. The third kappa shape index (κ3) is 4.13. The molecule has 3 nitrogen and oxygen atoms in total. The minimum Gasteiger partial charge on any atom is -0.506 e. The predicted molar refractivity (Wildman–Crippen MR) is 76.6 cm³/mol. The van der Waals surface area contributed by atoms with Gasteiger partial charge in [-0.2, -0.15) is 0 Å². The molecule has 0 aliphatic heterocycles. The van der Waals surface area contributed by atoms with Gasteiger partial charge in [0.2, 0.25) is 0 Å². The Morgan fingerprint density at radius 2 is 2.05 bits per heavy atom. The summed E-state index contributed by atoms with van der Waals surface area (Å²) in [6.07, 6.45) is 7.65. The van der Waals surface area contributed by atoms with E-state index in [-0.39, 0.29) is 16.7 Å². The molecule has 1 saturated carbocycles. The molecule has 0 unspecified atom stereocenters. The van der Waals surface area contributed by atoms with Gasteiger partial charge < -0.3 is 10.4 Å². The minimum atomic E-state index is -0.127. The quantitative estimate of drug-likeness (QED) is 0.883. The first kappa shape index (κ1) is 14.2. The molecular weight excluding hydrogens is 262 g/mol. The second-order valence-corrected chi connectivity index (χ2v) is 5.62. The van der Waals surface area contributed by atoms with Crippen molar-refractivity contribution in [1.82, 2.24) is 5.32 Å². The third-order valence-corrected chi connectivity index (χ3v) is 4.08. The Bertz CT molecular complexity index is 442. The number of phenolic OH excluding ortho intramolecular Hbond substituents is 1. The van der Waals surface area contributed by atoms with Gasteiger partial charge in [0.25, 0.3) is 5.91 Å². The zero-order valence-corrected chi connectivity index (χ0v) is 11.7. The summed E-state index contributed by atoms with van der Waals surface area (Å²) >= 11 is 5.78. The fourth-order valence-electron chi connectivity index (χ4n) is 2.62. The molecule has 2 rings (SSSR count). The van der Waals surface area contributed by atoms with E-state index in [1.54, 1.807) is 6.07 Å². The topological polar surface area (TPSA) is 49.3 Å². The van der Waals surface area contributed by atoms with Gasteiger partial charge in [-0.15, -0.1) is 0 Å². The number of halogens is 1. The van der Waals surface area contributed by atoms with Gasteiger partial charge in [0.15, 0.2) is 0 Å². The van der Waals surface area contributed by atoms with Gasteiger partial charge in [0.05, 0.1) is 5.02 Å². The van der Waals surface area contributed by atoms with Crippen molar-refractivity contribution < 1.29 is 9.90 Å². The van der Waals surface area contributed by atoms with Crippen LogP contribution in [-0.2, 0) is 0 Å². The first-order chi connectivity index (χ1) is 9.16. The highest BCUT2D eigenvalue weighted by molar-refractivity contribution is 6.32. The zero-order valence-electron chi connectivity index (χ0n) is 11.0. The van der Waals surface area contributed by atoms with Crippen LogP contribution in [0.3, 0.4) is 0 Å². The molecule has 19 heavy (non-hydrogen) atoms. The molecule has 4 heteroatoms. The van der Waals surface area contributed by atoms with Crippen molar-refractivity contribution in [2.45, 2.75) is 38.5 Å². The molecule has 1 fully saturated rings. The van der Waals surface area contributed by atoms with E-state index in [1.165, 1.54) is 44.2 Å². The molecule has 104 valence electrons. The summed E-state index contributed by atoms with van der Waals surface area (Å²) in [5.41, 5.74) is 0.492. The molecule has 0 aromatic heterocycles. The fourth-order valence-corrected chi connectivity index (χ4v) is 2.80. The van der Waals surface area contributed by atoms with Crippen LogP contribution in [0.25, 0.3) is 0 Å². The van der Waals surface area contributed by atoms with Crippen molar-refractivity contribution in [3.05, 3.63) is 28.8 Å².